The lowest BCUT2D eigenvalue weighted by molar-refractivity contribution is 0.0651. The predicted octanol–water partition coefficient (Wildman–Crippen LogP) is 1.45. The van der Waals surface area contributed by atoms with Gasteiger partial charge in [0.25, 0.3) is 11.8 Å². The number of nitrogens with zero attached hydrogens (tertiary/aromatic N) is 1. The second-order valence-corrected chi connectivity index (χ2v) is 4.09. The largest absolute Gasteiger partial charge is 0.396 e. The van der Waals surface area contributed by atoms with Crippen LogP contribution in [0.1, 0.15) is 40.0 Å². The van der Waals surface area contributed by atoms with Crippen molar-refractivity contribution in [1.29, 1.82) is 0 Å². The Labute approximate surface area is 99.9 Å². The highest BCUT2D eigenvalue weighted by atomic mass is 16.3. The molecule has 2 rings (SSSR count). The molecule has 0 unspecified atom stereocenters. The number of rotatable bonds is 5. The normalized spacial score (nSPS) is 14.3. The summed E-state index contributed by atoms with van der Waals surface area (Å²) in [5.41, 5.74) is 0.999. The number of unbranched alkanes of at least 4 members (excludes halogenated alkanes) is 2. The molecule has 0 aromatic heterocycles. The molecule has 1 aromatic carbocycles. The Morgan fingerprint density at radius 1 is 0.941 bits per heavy atom. The van der Waals surface area contributed by atoms with Crippen LogP contribution in [0.2, 0.25) is 0 Å². The molecular weight excluding hydrogens is 218 g/mol. The van der Waals surface area contributed by atoms with E-state index < -0.39 is 0 Å². The lowest BCUT2D eigenvalue weighted by atomic mass is 10.1. The van der Waals surface area contributed by atoms with Crippen molar-refractivity contribution in [2.24, 2.45) is 0 Å². The topological polar surface area (TPSA) is 57.6 Å². The van der Waals surface area contributed by atoms with Crippen molar-refractivity contribution in [2.75, 3.05) is 13.2 Å². The fourth-order valence-corrected chi connectivity index (χ4v) is 2.00. The lowest BCUT2D eigenvalue weighted by Crippen LogP contribution is -2.30. The first kappa shape index (κ1) is 11.8. The van der Waals surface area contributed by atoms with Crippen LogP contribution >= 0.6 is 0 Å². The van der Waals surface area contributed by atoms with Crippen LogP contribution in [-0.2, 0) is 0 Å². The Morgan fingerprint density at radius 2 is 1.53 bits per heavy atom. The number of aliphatic hydroxyl groups is 1. The standard InChI is InChI=1S/C13H15NO3/c15-9-5-1-4-8-14-12(16)10-6-2-3-7-11(10)13(14)17/h2-3,6-7,15H,1,4-5,8-9H2. The number of benzene rings is 1. The van der Waals surface area contributed by atoms with Crippen LogP contribution in [0, 0.1) is 0 Å². The average molecular weight is 233 g/mol. The van der Waals surface area contributed by atoms with Crippen molar-refractivity contribution in [3.8, 4) is 0 Å². The number of carbonyl (C=O) groups is 2. The number of hydrogen-bond donors (Lipinski definition) is 1. The Balaban J connectivity index is 2.03. The van der Waals surface area contributed by atoms with E-state index in [0.29, 0.717) is 24.1 Å². The number of fused-ring (bicyclic) bond motifs is 1. The molecule has 4 nitrogen and oxygen atoms in total. The van der Waals surface area contributed by atoms with Crippen molar-refractivity contribution in [2.45, 2.75) is 19.3 Å². The van der Waals surface area contributed by atoms with Gasteiger partial charge in [0.15, 0.2) is 0 Å². The summed E-state index contributed by atoms with van der Waals surface area (Å²) in [4.78, 5) is 25.1. The van der Waals surface area contributed by atoms with E-state index in [1.165, 1.54) is 4.90 Å². The smallest absolute Gasteiger partial charge is 0.261 e. The van der Waals surface area contributed by atoms with Crippen molar-refractivity contribution in [3.05, 3.63) is 35.4 Å². The van der Waals surface area contributed by atoms with Crippen LogP contribution in [0.15, 0.2) is 24.3 Å². The molecule has 0 saturated heterocycles. The first-order chi connectivity index (χ1) is 8.25. The van der Waals surface area contributed by atoms with Gasteiger partial charge in [0.2, 0.25) is 0 Å². The average Bonchev–Trinajstić information content (AvgIpc) is 2.60. The van der Waals surface area contributed by atoms with Crippen molar-refractivity contribution in [3.63, 3.8) is 0 Å². The zero-order chi connectivity index (χ0) is 12.3. The summed E-state index contributed by atoms with van der Waals surface area (Å²) >= 11 is 0. The second kappa shape index (κ2) is 5.10. The predicted molar refractivity (Wildman–Crippen MR) is 62.7 cm³/mol. The van der Waals surface area contributed by atoms with Gasteiger partial charge in [-0.1, -0.05) is 12.1 Å². The number of imide groups is 1. The van der Waals surface area contributed by atoms with Crippen LogP contribution in [0.3, 0.4) is 0 Å². The summed E-state index contributed by atoms with van der Waals surface area (Å²) in [6, 6.07) is 6.89. The molecule has 0 aliphatic carbocycles. The van der Waals surface area contributed by atoms with Gasteiger partial charge >= 0.3 is 0 Å². The minimum atomic E-state index is -0.199. The van der Waals surface area contributed by atoms with E-state index in [0.717, 1.165) is 12.8 Å². The fourth-order valence-electron chi connectivity index (χ4n) is 2.00. The molecule has 0 bridgehead atoms. The SMILES string of the molecule is O=C1c2ccccc2C(=O)N1CCCCCO. The highest BCUT2D eigenvalue weighted by Gasteiger charge is 2.34. The quantitative estimate of drug-likeness (QED) is 0.618. The first-order valence-corrected chi connectivity index (χ1v) is 5.82. The van der Waals surface area contributed by atoms with Gasteiger partial charge in [0.05, 0.1) is 11.1 Å². The van der Waals surface area contributed by atoms with Gasteiger partial charge in [-0.05, 0) is 31.4 Å². The van der Waals surface area contributed by atoms with E-state index in [1.54, 1.807) is 24.3 Å². The molecule has 1 aromatic rings. The number of aliphatic hydroxyl groups excluding tert-OH is 1. The highest BCUT2D eigenvalue weighted by Crippen LogP contribution is 2.22. The summed E-state index contributed by atoms with van der Waals surface area (Å²) in [6.07, 6.45) is 2.28. The molecule has 0 fully saturated rings. The molecule has 1 N–H and O–H groups in total. The fraction of sp³-hybridized carbons (Fsp3) is 0.385. The molecule has 0 spiro atoms. The van der Waals surface area contributed by atoms with Crippen LogP contribution in [-0.4, -0.2) is 35.0 Å². The Hall–Kier alpha value is -1.68. The summed E-state index contributed by atoms with van der Waals surface area (Å²) in [7, 11) is 0. The van der Waals surface area contributed by atoms with Gasteiger partial charge in [-0.3, -0.25) is 14.5 Å². The van der Waals surface area contributed by atoms with E-state index in [1.807, 2.05) is 0 Å². The van der Waals surface area contributed by atoms with Crippen LogP contribution in [0.25, 0.3) is 0 Å². The molecule has 17 heavy (non-hydrogen) atoms. The Morgan fingerprint density at radius 3 is 2.06 bits per heavy atom. The highest BCUT2D eigenvalue weighted by molar-refractivity contribution is 6.21. The Bertz CT molecular complexity index is 407. The minimum absolute atomic E-state index is 0.155. The zero-order valence-electron chi connectivity index (χ0n) is 9.56. The maximum atomic E-state index is 11.9. The molecule has 0 radical (unpaired) electrons. The number of amides is 2. The van der Waals surface area contributed by atoms with Gasteiger partial charge < -0.3 is 5.11 Å². The molecular formula is C13H15NO3. The van der Waals surface area contributed by atoms with Crippen molar-refractivity contribution >= 4 is 11.8 Å². The summed E-state index contributed by atoms with van der Waals surface area (Å²) in [5, 5.41) is 8.66. The van der Waals surface area contributed by atoms with Gasteiger partial charge in [-0.25, -0.2) is 0 Å². The molecule has 0 atom stereocenters. The lowest BCUT2D eigenvalue weighted by Gasteiger charge is -2.12. The number of hydrogen-bond acceptors (Lipinski definition) is 3. The van der Waals surface area contributed by atoms with Crippen LogP contribution < -0.4 is 0 Å². The summed E-state index contributed by atoms with van der Waals surface area (Å²) < 4.78 is 0. The maximum Gasteiger partial charge on any atom is 0.261 e. The van der Waals surface area contributed by atoms with E-state index in [9.17, 15) is 9.59 Å². The molecule has 90 valence electrons. The third-order valence-corrected chi connectivity index (χ3v) is 2.92. The molecule has 1 aliphatic rings. The zero-order valence-corrected chi connectivity index (χ0v) is 9.56. The van der Waals surface area contributed by atoms with Crippen LogP contribution in [0.4, 0.5) is 0 Å². The van der Waals surface area contributed by atoms with Gasteiger partial charge in [-0.15, -0.1) is 0 Å². The second-order valence-electron chi connectivity index (χ2n) is 4.09. The molecule has 1 heterocycles. The first-order valence-electron chi connectivity index (χ1n) is 5.82. The molecule has 0 saturated carbocycles. The van der Waals surface area contributed by atoms with Crippen molar-refractivity contribution in [1.82, 2.24) is 4.90 Å². The summed E-state index contributed by atoms with van der Waals surface area (Å²) in [5.74, 6) is -0.399. The Kier molecular flexibility index (Phi) is 3.54. The van der Waals surface area contributed by atoms with Crippen LogP contribution in [0.5, 0.6) is 0 Å². The monoisotopic (exact) mass is 233 g/mol. The van der Waals surface area contributed by atoms with E-state index in [4.69, 9.17) is 5.11 Å². The molecule has 2 amide bonds. The summed E-state index contributed by atoms with van der Waals surface area (Å²) in [6.45, 7) is 0.592. The van der Waals surface area contributed by atoms with Gasteiger partial charge in [0.1, 0.15) is 0 Å². The van der Waals surface area contributed by atoms with E-state index in [-0.39, 0.29) is 18.4 Å². The minimum Gasteiger partial charge on any atom is -0.396 e. The third kappa shape index (κ3) is 2.22. The van der Waals surface area contributed by atoms with E-state index in [2.05, 4.69) is 0 Å². The van der Waals surface area contributed by atoms with E-state index >= 15 is 0 Å². The van der Waals surface area contributed by atoms with Gasteiger partial charge in [0, 0.05) is 13.2 Å². The number of carbonyl (C=O) groups excluding carboxylic acids is 2. The molecule has 1 aliphatic heterocycles. The maximum absolute atomic E-state index is 11.9. The van der Waals surface area contributed by atoms with Gasteiger partial charge in [-0.2, -0.15) is 0 Å². The third-order valence-electron chi connectivity index (χ3n) is 2.92. The van der Waals surface area contributed by atoms with Crippen molar-refractivity contribution < 1.29 is 14.7 Å². The molecule has 4 heteroatoms.